The van der Waals surface area contributed by atoms with Gasteiger partial charge in [0, 0.05) is 5.02 Å². The van der Waals surface area contributed by atoms with Crippen LogP contribution >= 0.6 is 11.6 Å². The molecule has 1 saturated heterocycles. The van der Waals surface area contributed by atoms with Crippen molar-refractivity contribution in [2.45, 2.75) is 32.4 Å². The number of carbonyl (C=O) groups excluding carboxylic acids is 1. The second-order valence-electron chi connectivity index (χ2n) is 6.91. The number of amides is 1. The van der Waals surface area contributed by atoms with E-state index in [4.69, 9.17) is 16.0 Å². The molecule has 3 heterocycles. The Morgan fingerprint density at radius 1 is 1.11 bits per heavy atom. The highest BCUT2D eigenvalue weighted by molar-refractivity contribution is 6.31. The summed E-state index contributed by atoms with van der Waals surface area (Å²) in [5.41, 5.74) is 0.931. The molecule has 1 aliphatic heterocycles. The third kappa shape index (κ3) is 4.61. The first-order chi connectivity index (χ1) is 13.7. The number of benzene rings is 1. The minimum Gasteiger partial charge on any atom is -0.455 e. The predicted molar refractivity (Wildman–Crippen MR) is 106 cm³/mol. The quantitative estimate of drug-likeness (QED) is 0.682. The number of nitrogens with one attached hydrogen (secondary N) is 1. The number of furan rings is 1. The summed E-state index contributed by atoms with van der Waals surface area (Å²) >= 11 is 6.17. The molecule has 3 aromatic rings. The largest absolute Gasteiger partial charge is 0.455 e. The van der Waals surface area contributed by atoms with Crippen LogP contribution in [0.25, 0.3) is 0 Å². The summed E-state index contributed by atoms with van der Waals surface area (Å²) in [4.78, 5) is 18.9. The molecule has 146 valence electrons. The number of aromatic nitrogens is 3. The Labute approximate surface area is 168 Å². The maximum absolute atomic E-state index is 12.4. The minimum absolute atomic E-state index is 0.228. The van der Waals surface area contributed by atoms with Gasteiger partial charge >= 0.3 is 0 Å². The van der Waals surface area contributed by atoms with Crippen molar-refractivity contribution in [1.29, 1.82) is 0 Å². The van der Waals surface area contributed by atoms with Crippen LogP contribution in [0.15, 0.2) is 47.1 Å². The Kier molecular flexibility index (Phi) is 5.73. The molecule has 0 aliphatic carbocycles. The zero-order valence-electron chi connectivity index (χ0n) is 15.5. The molecule has 1 fully saturated rings. The molecule has 0 atom stereocenters. The molecule has 0 bridgehead atoms. The van der Waals surface area contributed by atoms with Crippen molar-refractivity contribution in [3.63, 3.8) is 0 Å². The van der Waals surface area contributed by atoms with Crippen LogP contribution in [0.2, 0.25) is 5.02 Å². The van der Waals surface area contributed by atoms with Gasteiger partial charge in [0.25, 0.3) is 5.91 Å². The topological polar surface area (TPSA) is 76.2 Å². The monoisotopic (exact) mass is 399 g/mol. The Morgan fingerprint density at radius 2 is 1.93 bits per heavy atom. The normalized spacial score (nSPS) is 14.9. The Balaban J connectivity index is 1.35. The van der Waals surface area contributed by atoms with Gasteiger partial charge in [0.2, 0.25) is 5.95 Å². The molecule has 28 heavy (non-hydrogen) atoms. The Hall–Kier alpha value is -2.64. The highest BCUT2D eigenvalue weighted by atomic mass is 35.5. The molecule has 0 radical (unpaired) electrons. The molecular formula is C20H22ClN5O2. The van der Waals surface area contributed by atoms with Crippen molar-refractivity contribution in [3.05, 3.63) is 64.8 Å². The van der Waals surface area contributed by atoms with E-state index in [2.05, 4.69) is 20.3 Å². The van der Waals surface area contributed by atoms with E-state index in [9.17, 15) is 4.79 Å². The van der Waals surface area contributed by atoms with Crippen LogP contribution in [-0.4, -0.2) is 38.7 Å². The van der Waals surface area contributed by atoms with Crippen LogP contribution in [0.1, 0.15) is 41.1 Å². The molecule has 4 rings (SSSR count). The lowest BCUT2D eigenvalue weighted by Crippen LogP contribution is -2.28. The van der Waals surface area contributed by atoms with Gasteiger partial charge < -0.3 is 4.42 Å². The van der Waals surface area contributed by atoms with Crippen LogP contribution in [0, 0.1) is 0 Å². The smallest absolute Gasteiger partial charge is 0.293 e. The highest BCUT2D eigenvalue weighted by Crippen LogP contribution is 2.17. The fourth-order valence-electron chi connectivity index (χ4n) is 3.32. The third-order valence-electron chi connectivity index (χ3n) is 4.77. The highest BCUT2D eigenvalue weighted by Gasteiger charge is 2.16. The maximum Gasteiger partial charge on any atom is 0.293 e. The molecule has 0 spiro atoms. The fourth-order valence-corrected chi connectivity index (χ4v) is 3.51. The molecule has 1 amide bonds. The first-order valence-corrected chi connectivity index (χ1v) is 9.80. The van der Waals surface area contributed by atoms with Crippen molar-refractivity contribution in [2.75, 3.05) is 18.4 Å². The van der Waals surface area contributed by atoms with Gasteiger partial charge in [-0.1, -0.05) is 36.2 Å². The number of anilines is 1. The summed E-state index contributed by atoms with van der Waals surface area (Å²) in [5, 5.41) is 7.62. The van der Waals surface area contributed by atoms with E-state index in [1.165, 1.54) is 19.3 Å². The molecule has 7 nitrogen and oxygen atoms in total. The van der Waals surface area contributed by atoms with Crippen LogP contribution < -0.4 is 5.32 Å². The van der Waals surface area contributed by atoms with Crippen molar-refractivity contribution >= 4 is 23.5 Å². The van der Waals surface area contributed by atoms with E-state index in [0.29, 0.717) is 11.6 Å². The standard InChI is InChI=1S/C20H22ClN5O2/c21-17-7-3-2-6-15(17)12-26-14-22-20(24-26)23-19(27)18-9-8-16(28-18)13-25-10-4-1-5-11-25/h2-3,6-9,14H,1,4-5,10-13H2,(H,23,24,27). The van der Waals surface area contributed by atoms with Gasteiger partial charge in [0.05, 0.1) is 13.1 Å². The van der Waals surface area contributed by atoms with E-state index >= 15 is 0 Å². The Bertz CT molecular complexity index is 945. The summed E-state index contributed by atoms with van der Waals surface area (Å²) in [6.45, 7) is 3.37. The van der Waals surface area contributed by atoms with Gasteiger partial charge in [0.15, 0.2) is 5.76 Å². The first kappa shape index (κ1) is 18.7. The van der Waals surface area contributed by atoms with Crippen molar-refractivity contribution in [3.8, 4) is 0 Å². The SMILES string of the molecule is O=C(Nc1ncn(Cc2ccccc2Cl)n1)c1ccc(CN2CCCCC2)o1. The average molecular weight is 400 g/mol. The predicted octanol–water partition coefficient (Wildman–Crippen LogP) is 3.81. The molecule has 1 aliphatic rings. The van der Waals surface area contributed by atoms with Crippen LogP contribution in [0.3, 0.4) is 0 Å². The molecule has 0 saturated carbocycles. The molecule has 8 heteroatoms. The minimum atomic E-state index is -0.361. The summed E-state index contributed by atoms with van der Waals surface area (Å²) in [6, 6.07) is 11.1. The second-order valence-corrected chi connectivity index (χ2v) is 7.32. The van der Waals surface area contributed by atoms with E-state index in [-0.39, 0.29) is 17.6 Å². The van der Waals surface area contributed by atoms with E-state index in [1.807, 2.05) is 30.3 Å². The van der Waals surface area contributed by atoms with Gasteiger partial charge in [-0.05, 0) is 49.7 Å². The summed E-state index contributed by atoms with van der Waals surface area (Å²) < 4.78 is 7.33. The molecule has 2 aromatic heterocycles. The molecule has 0 unspecified atom stereocenters. The molecule has 1 aromatic carbocycles. The lowest BCUT2D eigenvalue weighted by atomic mass is 10.1. The number of carbonyl (C=O) groups is 1. The zero-order chi connectivity index (χ0) is 19.3. The van der Waals surface area contributed by atoms with Gasteiger partial charge in [-0.25, -0.2) is 9.67 Å². The summed E-state index contributed by atoms with van der Waals surface area (Å²) in [7, 11) is 0. The number of piperidine rings is 1. The van der Waals surface area contributed by atoms with Gasteiger partial charge in [-0.2, -0.15) is 0 Å². The lowest BCUT2D eigenvalue weighted by Gasteiger charge is -2.25. The number of nitrogens with zero attached hydrogens (tertiary/aromatic N) is 4. The summed E-state index contributed by atoms with van der Waals surface area (Å²) in [6.07, 6.45) is 5.29. The van der Waals surface area contributed by atoms with Crippen molar-refractivity contribution in [1.82, 2.24) is 19.7 Å². The van der Waals surface area contributed by atoms with E-state index in [1.54, 1.807) is 17.1 Å². The third-order valence-corrected chi connectivity index (χ3v) is 5.13. The van der Waals surface area contributed by atoms with Crippen LogP contribution in [-0.2, 0) is 13.1 Å². The van der Waals surface area contributed by atoms with Gasteiger partial charge in [-0.3, -0.25) is 15.0 Å². The molecule has 1 N–H and O–H groups in total. The fraction of sp³-hybridized carbons (Fsp3) is 0.350. The van der Waals surface area contributed by atoms with Crippen LogP contribution in [0.4, 0.5) is 5.95 Å². The Morgan fingerprint density at radius 3 is 2.75 bits per heavy atom. The first-order valence-electron chi connectivity index (χ1n) is 9.43. The summed E-state index contributed by atoms with van der Waals surface area (Å²) in [5.74, 6) is 0.921. The van der Waals surface area contributed by atoms with E-state index in [0.717, 1.165) is 31.0 Å². The average Bonchev–Trinajstić information content (AvgIpc) is 3.34. The second kappa shape index (κ2) is 8.58. The number of rotatable bonds is 6. The zero-order valence-corrected chi connectivity index (χ0v) is 16.2. The maximum atomic E-state index is 12.4. The van der Waals surface area contributed by atoms with Gasteiger partial charge in [-0.15, -0.1) is 5.10 Å². The molecular weight excluding hydrogens is 378 g/mol. The number of hydrogen-bond donors (Lipinski definition) is 1. The van der Waals surface area contributed by atoms with Crippen molar-refractivity contribution < 1.29 is 9.21 Å². The van der Waals surface area contributed by atoms with Gasteiger partial charge in [0.1, 0.15) is 12.1 Å². The van der Waals surface area contributed by atoms with E-state index < -0.39 is 0 Å². The number of hydrogen-bond acceptors (Lipinski definition) is 5. The van der Waals surface area contributed by atoms with Crippen molar-refractivity contribution in [2.24, 2.45) is 0 Å². The number of halogens is 1. The number of likely N-dealkylation sites (tertiary alicyclic amines) is 1. The van der Waals surface area contributed by atoms with Crippen LogP contribution in [0.5, 0.6) is 0 Å². The lowest BCUT2D eigenvalue weighted by molar-refractivity contribution is 0.0991.